The van der Waals surface area contributed by atoms with Gasteiger partial charge < -0.3 is 24.1 Å². The number of hydrogen-bond donors (Lipinski definition) is 1. The fourth-order valence-corrected chi connectivity index (χ4v) is 4.10. The van der Waals surface area contributed by atoms with Crippen molar-refractivity contribution in [3.05, 3.63) is 57.5 Å². The normalized spacial score (nSPS) is 24.5. The molecule has 0 aromatic heterocycles. The molecule has 0 saturated carbocycles. The van der Waals surface area contributed by atoms with Gasteiger partial charge in [-0.15, -0.1) is 0 Å². The van der Waals surface area contributed by atoms with E-state index in [-0.39, 0.29) is 12.5 Å². The van der Waals surface area contributed by atoms with E-state index < -0.39 is 5.60 Å². The molecule has 1 aromatic rings. The topological polar surface area (TPSA) is 57.2 Å². The number of fused-ring (bicyclic) bond motifs is 3. The summed E-state index contributed by atoms with van der Waals surface area (Å²) in [6.45, 7) is 6.00. The van der Waals surface area contributed by atoms with E-state index in [1.165, 1.54) is 0 Å². The standard InChI is InChI=1S/C20H23BrO5/c1-11-14(7-16(21)12(2)23-3)19-15-8-18(25-5)17(24-4)6-13(15)9-20(19,22)10-26-11/h6-8,19,22H,2,9-10H2,1,3-5H3/b16-7+. The van der Waals surface area contributed by atoms with Gasteiger partial charge in [0, 0.05) is 17.9 Å². The van der Waals surface area contributed by atoms with Gasteiger partial charge in [-0.1, -0.05) is 6.58 Å². The molecule has 140 valence electrons. The van der Waals surface area contributed by atoms with E-state index in [4.69, 9.17) is 18.9 Å². The van der Waals surface area contributed by atoms with Gasteiger partial charge in [-0.3, -0.25) is 0 Å². The number of methoxy groups -OCH3 is 3. The van der Waals surface area contributed by atoms with Crippen LogP contribution in [0.4, 0.5) is 0 Å². The van der Waals surface area contributed by atoms with Gasteiger partial charge in [0.05, 0.1) is 31.6 Å². The van der Waals surface area contributed by atoms with E-state index >= 15 is 0 Å². The fraction of sp³-hybridized carbons (Fsp3) is 0.400. The molecule has 0 fully saturated rings. The second-order valence-electron chi connectivity index (χ2n) is 6.54. The molecule has 0 amide bonds. The predicted molar refractivity (Wildman–Crippen MR) is 103 cm³/mol. The van der Waals surface area contributed by atoms with E-state index in [0.29, 0.717) is 28.2 Å². The molecule has 26 heavy (non-hydrogen) atoms. The fourth-order valence-electron chi connectivity index (χ4n) is 3.69. The van der Waals surface area contributed by atoms with Crippen LogP contribution in [0.25, 0.3) is 0 Å². The lowest BCUT2D eigenvalue weighted by atomic mass is 9.80. The molecule has 0 bridgehead atoms. The number of halogens is 1. The molecule has 0 spiro atoms. The minimum absolute atomic E-state index is 0.233. The summed E-state index contributed by atoms with van der Waals surface area (Å²) in [4.78, 5) is 0. The third kappa shape index (κ3) is 3.01. The van der Waals surface area contributed by atoms with E-state index in [9.17, 15) is 5.11 Å². The Kier molecular flexibility index (Phi) is 5.08. The summed E-state index contributed by atoms with van der Waals surface area (Å²) in [5.74, 6) is 2.33. The number of ether oxygens (including phenoxy) is 4. The summed E-state index contributed by atoms with van der Waals surface area (Å²) in [6, 6.07) is 3.88. The first-order chi connectivity index (χ1) is 12.3. The van der Waals surface area contributed by atoms with Crippen molar-refractivity contribution >= 4 is 15.9 Å². The van der Waals surface area contributed by atoms with Gasteiger partial charge in [0.1, 0.15) is 18.0 Å². The van der Waals surface area contributed by atoms with Crippen LogP contribution in [-0.2, 0) is 15.9 Å². The van der Waals surface area contributed by atoms with Crippen molar-refractivity contribution in [2.75, 3.05) is 27.9 Å². The largest absolute Gasteiger partial charge is 0.496 e. The molecule has 1 aromatic carbocycles. The summed E-state index contributed by atoms with van der Waals surface area (Å²) >= 11 is 3.49. The zero-order valence-corrected chi connectivity index (χ0v) is 17.0. The minimum Gasteiger partial charge on any atom is -0.496 e. The Hall–Kier alpha value is -1.92. The first-order valence-corrected chi connectivity index (χ1v) is 9.05. The zero-order valence-electron chi connectivity index (χ0n) is 15.4. The first-order valence-electron chi connectivity index (χ1n) is 8.25. The van der Waals surface area contributed by atoms with Gasteiger partial charge in [-0.05, 0) is 52.2 Å². The van der Waals surface area contributed by atoms with Gasteiger partial charge in [0.15, 0.2) is 11.5 Å². The lowest BCUT2D eigenvalue weighted by molar-refractivity contribution is -0.0450. The third-order valence-electron chi connectivity index (χ3n) is 5.04. The van der Waals surface area contributed by atoms with Gasteiger partial charge in [0.2, 0.25) is 0 Å². The number of allylic oxidation sites excluding steroid dienone is 3. The van der Waals surface area contributed by atoms with Crippen LogP contribution < -0.4 is 9.47 Å². The summed E-state index contributed by atoms with van der Waals surface area (Å²) in [5, 5.41) is 11.3. The van der Waals surface area contributed by atoms with Gasteiger partial charge >= 0.3 is 0 Å². The lowest BCUT2D eigenvalue weighted by Crippen LogP contribution is -2.42. The SMILES string of the molecule is C=C(OC)/C(Br)=C\C1=C(C)OCC2(O)Cc3cc(OC)c(OC)cc3C12. The maximum Gasteiger partial charge on any atom is 0.161 e. The molecule has 3 rings (SSSR count). The van der Waals surface area contributed by atoms with Crippen LogP contribution in [0.3, 0.4) is 0 Å². The van der Waals surface area contributed by atoms with Crippen molar-refractivity contribution in [3.8, 4) is 11.5 Å². The Morgan fingerprint density at radius 2 is 1.96 bits per heavy atom. The minimum atomic E-state index is -1.02. The summed E-state index contributed by atoms with van der Waals surface area (Å²) < 4.78 is 22.6. The van der Waals surface area contributed by atoms with Crippen LogP contribution >= 0.6 is 15.9 Å². The monoisotopic (exact) mass is 422 g/mol. The maximum absolute atomic E-state index is 11.3. The number of hydrogen-bond acceptors (Lipinski definition) is 5. The van der Waals surface area contributed by atoms with E-state index in [0.717, 1.165) is 22.5 Å². The molecule has 1 N–H and O–H groups in total. The molecule has 6 heteroatoms. The molecular weight excluding hydrogens is 400 g/mol. The average Bonchev–Trinajstić information content (AvgIpc) is 2.93. The van der Waals surface area contributed by atoms with Crippen molar-refractivity contribution in [1.82, 2.24) is 0 Å². The highest BCUT2D eigenvalue weighted by Gasteiger charge is 2.50. The summed E-state index contributed by atoms with van der Waals surface area (Å²) in [5.41, 5.74) is 1.91. The second-order valence-corrected chi connectivity index (χ2v) is 7.39. The number of rotatable bonds is 5. The maximum atomic E-state index is 11.3. The van der Waals surface area contributed by atoms with Crippen molar-refractivity contribution < 1.29 is 24.1 Å². The zero-order chi connectivity index (χ0) is 19.1. The molecular formula is C20H23BrO5. The Bertz CT molecular complexity index is 811. The Morgan fingerprint density at radius 3 is 2.58 bits per heavy atom. The molecule has 1 aliphatic heterocycles. The van der Waals surface area contributed by atoms with Crippen molar-refractivity contribution in [1.29, 1.82) is 0 Å². The second kappa shape index (κ2) is 7.00. The molecule has 5 nitrogen and oxygen atoms in total. The molecule has 1 aliphatic carbocycles. The third-order valence-corrected chi connectivity index (χ3v) is 5.71. The van der Waals surface area contributed by atoms with Crippen LogP contribution in [-0.4, -0.2) is 38.6 Å². The Balaban J connectivity index is 2.15. The molecule has 2 unspecified atom stereocenters. The molecule has 0 radical (unpaired) electrons. The predicted octanol–water partition coefficient (Wildman–Crippen LogP) is 3.82. The lowest BCUT2D eigenvalue weighted by Gasteiger charge is -2.37. The highest BCUT2D eigenvalue weighted by atomic mass is 79.9. The van der Waals surface area contributed by atoms with Crippen molar-refractivity contribution in [3.63, 3.8) is 0 Å². The van der Waals surface area contributed by atoms with Gasteiger partial charge in [-0.2, -0.15) is 0 Å². The van der Waals surface area contributed by atoms with Crippen molar-refractivity contribution in [2.45, 2.75) is 24.9 Å². The Labute approximate surface area is 162 Å². The van der Waals surface area contributed by atoms with Crippen molar-refractivity contribution in [2.24, 2.45) is 0 Å². The summed E-state index contributed by atoms with van der Waals surface area (Å²) in [7, 11) is 4.78. The van der Waals surface area contributed by atoms with E-state index in [1.54, 1.807) is 21.3 Å². The van der Waals surface area contributed by atoms with Crippen LogP contribution in [0.5, 0.6) is 11.5 Å². The Morgan fingerprint density at radius 1 is 1.31 bits per heavy atom. The molecule has 2 atom stereocenters. The highest BCUT2D eigenvalue weighted by Crippen LogP contribution is 2.52. The van der Waals surface area contributed by atoms with Gasteiger partial charge in [-0.25, -0.2) is 0 Å². The van der Waals surface area contributed by atoms with Gasteiger partial charge in [0.25, 0.3) is 0 Å². The molecule has 0 saturated heterocycles. The quantitative estimate of drug-likeness (QED) is 0.577. The first kappa shape index (κ1) is 18.9. The molecule has 1 heterocycles. The number of aliphatic hydroxyl groups is 1. The smallest absolute Gasteiger partial charge is 0.161 e. The van der Waals surface area contributed by atoms with Crippen LogP contribution in [0.1, 0.15) is 24.0 Å². The van der Waals surface area contributed by atoms with Crippen LogP contribution in [0.15, 0.2) is 46.4 Å². The van der Waals surface area contributed by atoms with Crippen LogP contribution in [0, 0.1) is 0 Å². The number of benzene rings is 1. The van der Waals surface area contributed by atoms with E-state index in [1.807, 2.05) is 25.1 Å². The molecule has 2 aliphatic rings. The highest BCUT2D eigenvalue weighted by molar-refractivity contribution is 9.11. The van der Waals surface area contributed by atoms with E-state index in [2.05, 4.69) is 22.5 Å². The summed E-state index contributed by atoms with van der Waals surface area (Å²) in [6.07, 6.45) is 2.39. The average molecular weight is 423 g/mol. The van der Waals surface area contributed by atoms with Crippen LogP contribution in [0.2, 0.25) is 0 Å².